The fourth-order valence-corrected chi connectivity index (χ4v) is 1.79. The third kappa shape index (κ3) is 6.68. The van der Waals surface area contributed by atoms with Gasteiger partial charge in [-0.1, -0.05) is 25.6 Å². The molecule has 1 heterocycles. The minimum Gasteiger partial charge on any atom is -0.464 e. The van der Waals surface area contributed by atoms with Gasteiger partial charge in [-0.25, -0.2) is 0 Å². The monoisotopic (exact) mass is 263 g/mol. The van der Waals surface area contributed by atoms with Gasteiger partial charge in [0.2, 0.25) is 0 Å². The molecule has 1 rings (SSSR count). The molecule has 2 nitrogen and oxygen atoms in total. The van der Waals surface area contributed by atoms with Gasteiger partial charge in [0, 0.05) is 0 Å². The molecule has 0 aliphatic carbocycles. The van der Waals surface area contributed by atoms with E-state index in [0.29, 0.717) is 30.0 Å². The van der Waals surface area contributed by atoms with Gasteiger partial charge < -0.3 is 9.73 Å². The number of furan rings is 1. The number of rotatable bonds is 8. The Bertz CT molecular complexity index is 315. The molecule has 0 unspecified atom stereocenters. The van der Waals surface area contributed by atoms with Crippen LogP contribution in [0.3, 0.4) is 0 Å². The average Bonchev–Trinajstić information content (AvgIpc) is 2.69. The van der Waals surface area contributed by atoms with Crippen molar-refractivity contribution in [1.29, 1.82) is 0 Å². The standard InChI is InChI=1S/C12H19F2NOS/c1-9(2)5-6-15-7-10-3-4-11(16-10)8-17-12(13)14/h3-4,9,12,15H,5-8H2,1-2H3. The fourth-order valence-electron chi connectivity index (χ4n) is 1.34. The van der Waals surface area contributed by atoms with Gasteiger partial charge in [-0.15, -0.1) is 0 Å². The lowest BCUT2D eigenvalue weighted by atomic mass is 10.1. The lowest BCUT2D eigenvalue weighted by molar-refractivity contribution is 0.251. The van der Waals surface area contributed by atoms with E-state index < -0.39 is 5.76 Å². The van der Waals surface area contributed by atoms with E-state index in [1.807, 2.05) is 6.07 Å². The zero-order valence-electron chi connectivity index (χ0n) is 10.2. The third-order valence-electron chi connectivity index (χ3n) is 2.27. The van der Waals surface area contributed by atoms with Gasteiger partial charge in [0.15, 0.2) is 0 Å². The van der Waals surface area contributed by atoms with E-state index in [9.17, 15) is 8.78 Å². The highest BCUT2D eigenvalue weighted by Gasteiger charge is 2.07. The Morgan fingerprint density at radius 1 is 1.29 bits per heavy atom. The summed E-state index contributed by atoms with van der Waals surface area (Å²) in [5, 5.41) is 3.26. The van der Waals surface area contributed by atoms with Crippen molar-refractivity contribution in [3.05, 3.63) is 23.7 Å². The zero-order chi connectivity index (χ0) is 12.7. The van der Waals surface area contributed by atoms with E-state index in [1.165, 1.54) is 0 Å². The van der Waals surface area contributed by atoms with E-state index in [-0.39, 0.29) is 5.75 Å². The van der Waals surface area contributed by atoms with Crippen LogP contribution >= 0.6 is 11.8 Å². The first-order valence-corrected chi connectivity index (χ1v) is 6.81. The van der Waals surface area contributed by atoms with Gasteiger partial charge >= 0.3 is 0 Å². The number of hydrogen-bond donors (Lipinski definition) is 1. The summed E-state index contributed by atoms with van der Waals surface area (Å²) in [6, 6.07) is 3.60. The molecule has 1 aromatic heterocycles. The summed E-state index contributed by atoms with van der Waals surface area (Å²) in [5.74, 6) is -0.0247. The van der Waals surface area contributed by atoms with E-state index in [1.54, 1.807) is 6.07 Å². The quantitative estimate of drug-likeness (QED) is 0.721. The summed E-state index contributed by atoms with van der Waals surface area (Å²) in [6.45, 7) is 5.95. The van der Waals surface area contributed by atoms with Crippen LogP contribution in [0.25, 0.3) is 0 Å². The van der Waals surface area contributed by atoms with Gasteiger partial charge in [-0.05, 0) is 31.0 Å². The second kappa shape index (κ2) is 7.71. The Labute approximate surface area is 105 Å². The molecule has 0 saturated carbocycles. The Morgan fingerprint density at radius 3 is 2.65 bits per heavy atom. The highest BCUT2D eigenvalue weighted by Crippen LogP contribution is 2.21. The van der Waals surface area contributed by atoms with Crippen LogP contribution in [-0.2, 0) is 12.3 Å². The number of halogens is 2. The second-order valence-corrected chi connectivity index (χ2v) is 5.28. The number of hydrogen-bond acceptors (Lipinski definition) is 3. The summed E-state index contributed by atoms with van der Waals surface area (Å²) in [7, 11) is 0. The van der Waals surface area contributed by atoms with Gasteiger partial charge in [0.05, 0.1) is 12.3 Å². The van der Waals surface area contributed by atoms with Crippen LogP contribution in [0.1, 0.15) is 31.8 Å². The molecule has 0 bridgehead atoms. The Hall–Kier alpha value is -0.550. The van der Waals surface area contributed by atoms with Crippen molar-refractivity contribution in [2.75, 3.05) is 6.54 Å². The first kappa shape index (κ1) is 14.5. The topological polar surface area (TPSA) is 25.2 Å². The molecular weight excluding hydrogens is 244 g/mol. The van der Waals surface area contributed by atoms with E-state index in [0.717, 1.165) is 18.7 Å². The minimum absolute atomic E-state index is 0.226. The number of alkyl halides is 2. The predicted molar refractivity (Wildman–Crippen MR) is 67.2 cm³/mol. The predicted octanol–water partition coefficient (Wildman–Crippen LogP) is 3.87. The maximum Gasteiger partial charge on any atom is 0.284 e. The Kier molecular flexibility index (Phi) is 6.58. The number of thioether (sulfide) groups is 1. The maximum absolute atomic E-state index is 12.0. The van der Waals surface area contributed by atoms with Crippen LogP contribution in [0.2, 0.25) is 0 Å². The molecule has 0 saturated heterocycles. The van der Waals surface area contributed by atoms with Crippen LogP contribution in [-0.4, -0.2) is 12.3 Å². The molecule has 0 aliphatic heterocycles. The second-order valence-electron chi connectivity index (χ2n) is 4.30. The average molecular weight is 263 g/mol. The van der Waals surface area contributed by atoms with Gasteiger partial charge in [-0.3, -0.25) is 0 Å². The minimum atomic E-state index is -2.34. The fraction of sp³-hybridized carbons (Fsp3) is 0.667. The molecular formula is C12H19F2NOS. The highest BCUT2D eigenvalue weighted by atomic mass is 32.2. The molecule has 1 N–H and O–H groups in total. The largest absolute Gasteiger partial charge is 0.464 e. The normalized spacial score (nSPS) is 11.6. The van der Waals surface area contributed by atoms with Crippen LogP contribution in [0.4, 0.5) is 8.78 Å². The van der Waals surface area contributed by atoms with Gasteiger partial charge in [0.25, 0.3) is 5.76 Å². The highest BCUT2D eigenvalue weighted by molar-refractivity contribution is 7.98. The molecule has 0 spiro atoms. The summed E-state index contributed by atoms with van der Waals surface area (Å²) < 4.78 is 29.3. The molecule has 0 aromatic carbocycles. The van der Waals surface area contributed by atoms with Crippen LogP contribution < -0.4 is 5.32 Å². The van der Waals surface area contributed by atoms with Crippen molar-refractivity contribution < 1.29 is 13.2 Å². The van der Waals surface area contributed by atoms with E-state index in [4.69, 9.17) is 4.42 Å². The van der Waals surface area contributed by atoms with Crippen LogP contribution in [0, 0.1) is 5.92 Å². The molecule has 17 heavy (non-hydrogen) atoms. The molecule has 98 valence electrons. The van der Waals surface area contributed by atoms with Crippen molar-refractivity contribution in [3.63, 3.8) is 0 Å². The molecule has 5 heteroatoms. The Morgan fingerprint density at radius 2 is 2.00 bits per heavy atom. The van der Waals surface area contributed by atoms with Crippen LogP contribution in [0.15, 0.2) is 16.5 Å². The van der Waals surface area contributed by atoms with Gasteiger partial charge in [-0.2, -0.15) is 8.78 Å². The molecule has 1 aromatic rings. The van der Waals surface area contributed by atoms with E-state index in [2.05, 4.69) is 19.2 Å². The van der Waals surface area contributed by atoms with Crippen molar-refractivity contribution in [2.45, 2.75) is 38.3 Å². The number of nitrogens with one attached hydrogen (secondary N) is 1. The maximum atomic E-state index is 12.0. The Balaban J connectivity index is 2.21. The zero-order valence-corrected chi connectivity index (χ0v) is 11.0. The summed E-state index contributed by atoms with van der Waals surface area (Å²) in [6.07, 6.45) is 1.12. The summed E-state index contributed by atoms with van der Waals surface area (Å²) >= 11 is 0.582. The molecule has 0 amide bonds. The molecule has 0 atom stereocenters. The van der Waals surface area contributed by atoms with Gasteiger partial charge in [0.1, 0.15) is 11.5 Å². The molecule has 0 fully saturated rings. The molecule has 0 radical (unpaired) electrons. The smallest absolute Gasteiger partial charge is 0.284 e. The summed E-state index contributed by atoms with van der Waals surface area (Å²) in [5.41, 5.74) is 0. The SMILES string of the molecule is CC(C)CCNCc1ccc(CSC(F)F)o1. The lowest BCUT2D eigenvalue weighted by Gasteiger charge is -2.05. The van der Waals surface area contributed by atoms with Crippen molar-refractivity contribution in [3.8, 4) is 0 Å². The van der Waals surface area contributed by atoms with Crippen LogP contribution in [0.5, 0.6) is 0 Å². The first-order chi connectivity index (χ1) is 8.08. The first-order valence-electron chi connectivity index (χ1n) is 5.76. The van der Waals surface area contributed by atoms with E-state index >= 15 is 0 Å². The third-order valence-corrected chi connectivity index (χ3v) is 2.97. The molecule has 0 aliphatic rings. The van der Waals surface area contributed by atoms with Crippen molar-refractivity contribution in [2.24, 2.45) is 5.92 Å². The van der Waals surface area contributed by atoms with Crippen molar-refractivity contribution >= 4 is 11.8 Å². The summed E-state index contributed by atoms with van der Waals surface area (Å²) in [4.78, 5) is 0. The van der Waals surface area contributed by atoms with Crippen molar-refractivity contribution in [1.82, 2.24) is 5.32 Å². The lowest BCUT2D eigenvalue weighted by Crippen LogP contribution is -2.15.